The number of aromatic nitrogens is 2. The number of nitrogens with one attached hydrogen (secondary N) is 1. The van der Waals surface area contributed by atoms with Crippen LogP contribution in [-0.4, -0.2) is 38.0 Å². The Balaban J connectivity index is 2.57. The predicted molar refractivity (Wildman–Crippen MR) is 63.8 cm³/mol. The Morgan fingerprint density at radius 1 is 1.71 bits per heavy atom. The highest BCUT2D eigenvalue weighted by Gasteiger charge is 2.19. The van der Waals surface area contributed by atoms with Gasteiger partial charge in [-0.25, -0.2) is 13.1 Å². The molecule has 0 aromatic carbocycles. The predicted octanol–water partition coefficient (Wildman–Crippen LogP) is -0.517. The van der Waals surface area contributed by atoms with Gasteiger partial charge < -0.3 is 10.5 Å². The lowest BCUT2D eigenvalue weighted by Gasteiger charge is -2.05. The Labute approximate surface area is 100 Å². The standard InChI is InChI=1S/C9H16N4O3S/c1-3-5-16-6-4-11-17(14,15)8-7-13(2)12-9(8)10/h3,7,11H,1,4-6H2,2H3,(H2,10,12). The van der Waals surface area contributed by atoms with E-state index in [1.165, 1.54) is 10.9 Å². The Kier molecular flexibility index (Phi) is 4.67. The average Bonchev–Trinajstić information content (AvgIpc) is 2.58. The lowest BCUT2D eigenvalue weighted by Crippen LogP contribution is -2.27. The van der Waals surface area contributed by atoms with Crippen LogP contribution >= 0.6 is 0 Å². The number of nitrogens with zero attached hydrogens (tertiary/aromatic N) is 2. The van der Waals surface area contributed by atoms with Crippen molar-refractivity contribution in [3.05, 3.63) is 18.9 Å². The van der Waals surface area contributed by atoms with E-state index >= 15 is 0 Å². The minimum absolute atomic E-state index is 0.0213. The molecule has 3 N–H and O–H groups in total. The number of nitrogens with two attached hydrogens (primary N) is 1. The zero-order chi connectivity index (χ0) is 12.9. The molecule has 0 aliphatic rings. The van der Waals surface area contributed by atoms with Gasteiger partial charge in [0.15, 0.2) is 5.82 Å². The van der Waals surface area contributed by atoms with Crippen LogP contribution in [0, 0.1) is 0 Å². The van der Waals surface area contributed by atoms with E-state index in [4.69, 9.17) is 10.5 Å². The first-order chi connectivity index (χ1) is 7.97. The Morgan fingerprint density at radius 2 is 2.41 bits per heavy atom. The van der Waals surface area contributed by atoms with Crippen LogP contribution < -0.4 is 10.5 Å². The fraction of sp³-hybridized carbons (Fsp3) is 0.444. The molecule has 8 heteroatoms. The minimum atomic E-state index is -3.62. The largest absolute Gasteiger partial charge is 0.381 e. The molecule has 0 amide bonds. The van der Waals surface area contributed by atoms with Crippen LogP contribution in [0.1, 0.15) is 0 Å². The van der Waals surface area contributed by atoms with Crippen molar-refractivity contribution < 1.29 is 13.2 Å². The van der Waals surface area contributed by atoms with Gasteiger partial charge in [-0.2, -0.15) is 5.10 Å². The van der Waals surface area contributed by atoms with Gasteiger partial charge in [-0.15, -0.1) is 6.58 Å². The monoisotopic (exact) mass is 260 g/mol. The molecule has 1 heterocycles. The summed E-state index contributed by atoms with van der Waals surface area (Å²) in [5.41, 5.74) is 5.48. The molecule has 1 aromatic heterocycles. The molecule has 7 nitrogen and oxygen atoms in total. The highest BCUT2D eigenvalue weighted by Crippen LogP contribution is 2.14. The number of nitrogen functional groups attached to an aromatic ring is 1. The maximum absolute atomic E-state index is 11.8. The molecule has 0 saturated heterocycles. The number of hydrogen-bond donors (Lipinski definition) is 2. The maximum atomic E-state index is 11.8. The zero-order valence-electron chi connectivity index (χ0n) is 9.59. The SMILES string of the molecule is C=CCOCCNS(=O)(=O)c1cn(C)nc1N. The number of anilines is 1. The molecule has 0 spiro atoms. The molecular weight excluding hydrogens is 244 g/mol. The minimum Gasteiger partial charge on any atom is -0.381 e. The molecule has 17 heavy (non-hydrogen) atoms. The highest BCUT2D eigenvalue weighted by atomic mass is 32.2. The van der Waals surface area contributed by atoms with Crippen molar-refractivity contribution in [3.63, 3.8) is 0 Å². The first-order valence-electron chi connectivity index (χ1n) is 4.95. The molecule has 0 unspecified atom stereocenters. The van der Waals surface area contributed by atoms with Crippen LogP contribution in [0.15, 0.2) is 23.7 Å². The second kappa shape index (κ2) is 5.80. The smallest absolute Gasteiger partial charge is 0.245 e. The van der Waals surface area contributed by atoms with Crippen molar-refractivity contribution in [2.75, 3.05) is 25.5 Å². The summed E-state index contributed by atoms with van der Waals surface area (Å²) in [7, 11) is -2.02. The van der Waals surface area contributed by atoms with Crippen molar-refractivity contribution in [2.24, 2.45) is 7.05 Å². The molecule has 1 aromatic rings. The van der Waals surface area contributed by atoms with Crippen molar-refractivity contribution in [1.29, 1.82) is 0 Å². The summed E-state index contributed by atoms with van der Waals surface area (Å²) in [4.78, 5) is -0.0243. The van der Waals surface area contributed by atoms with Crippen molar-refractivity contribution in [3.8, 4) is 0 Å². The molecular formula is C9H16N4O3S. The number of hydrogen-bond acceptors (Lipinski definition) is 5. The van der Waals surface area contributed by atoms with Gasteiger partial charge in [-0.1, -0.05) is 6.08 Å². The summed E-state index contributed by atoms with van der Waals surface area (Å²) >= 11 is 0. The first-order valence-corrected chi connectivity index (χ1v) is 6.43. The number of ether oxygens (including phenoxy) is 1. The van der Waals surface area contributed by atoms with Crippen LogP contribution in [0.2, 0.25) is 0 Å². The van der Waals surface area contributed by atoms with E-state index in [-0.39, 0.29) is 23.9 Å². The van der Waals surface area contributed by atoms with Gasteiger partial charge in [0, 0.05) is 19.8 Å². The molecule has 0 aliphatic carbocycles. The van der Waals surface area contributed by atoms with E-state index in [1.54, 1.807) is 13.1 Å². The summed E-state index contributed by atoms with van der Waals surface area (Å²) in [6, 6.07) is 0. The van der Waals surface area contributed by atoms with Crippen molar-refractivity contribution >= 4 is 15.8 Å². The normalized spacial score (nSPS) is 11.6. The maximum Gasteiger partial charge on any atom is 0.245 e. The molecule has 0 radical (unpaired) electrons. The molecule has 0 fully saturated rings. The van der Waals surface area contributed by atoms with E-state index < -0.39 is 10.0 Å². The summed E-state index contributed by atoms with van der Waals surface area (Å²) in [6.45, 7) is 4.30. The van der Waals surface area contributed by atoms with Crippen LogP contribution in [0.25, 0.3) is 0 Å². The topological polar surface area (TPSA) is 99.2 Å². The third-order valence-corrected chi connectivity index (χ3v) is 3.36. The lowest BCUT2D eigenvalue weighted by atomic mass is 10.6. The number of sulfonamides is 1. The van der Waals surface area contributed by atoms with Crippen LogP contribution in [0.5, 0.6) is 0 Å². The second-order valence-corrected chi connectivity index (χ2v) is 5.05. The molecule has 0 aliphatic heterocycles. The van der Waals surface area contributed by atoms with Gasteiger partial charge >= 0.3 is 0 Å². The molecule has 1 rings (SSSR count). The van der Waals surface area contributed by atoms with Gasteiger partial charge in [0.1, 0.15) is 4.90 Å². The fourth-order valence-electron chi connectivity index (χ4n) is 1.18. The molecule has 96 valence electrons. The van der Waals surface area contributed by atoms with Gasteiger partial charge in [0.2, 0.25) is 10.0 Å². The summed E-state index contributed by atoms with van der Waals surface area (Å²) in [5.74, 6) is -0.0213. The molecule has 0 atom stereocenters. The third kappa shape index (κ3) is 3.84. The van der Waals surface area contributed by atoms with Crippen molar-refractivity contribution in [1.82, 2.24) is 14.5 Å². The van der Waals surface area contributed by atoms with Crippen LogP contribution in [0.4, 0.5) is 5.82 Å². The third-order valence-electron chi connectivity index (χ3n) is 1.89. The van der Waals surface area contributed by atoms with Gasteiger partial charge in [-0.3, -0.25) is 4.68 Å². The van der Waals surface area contributed by atoms with Gasteiger partial charge in [-0.05, 0) is 0 Å². The van der Waals surface area contributed by atoms with E-state index in [0.29, 0.717) is 6.61 Å². The second-order valence-electron chi connectivity index (χ2n) is 3.31. The zero-order valence-corrected chi connectivity index (χ0v) is 10.4. The first kappa shape index (κ1) is 13.7. The van der Waals surface area contributed by atoms with Crippen LogP contribution in [0.3, 0.4) is 0 Å². The Morgan fingerprint density at radius 3 is 2.94 bits per heavy atom. The van der Waals surface area contributed by atoms with E-state index in [9.17, 15) is 8.42 Å². The van der Waals surface area contributed by atoms with Gasteiger partial charge in [0.05, 0.1) is 13.2 Å². The van der Waals surface area contributed by atoms with E-state index in [2.05, 4.69) is 16.4 Å². The fourth-order valence-corrected chi connectivity index (χ4v) is 2.30. The molecule has 0 saturated carbocycles. The highest BCUT2D eigenvalue weighted by molar-refractivity contribution is 7.89. The van der Waals surface area contributed by atoms with Crippen LogP contribution in [-0.2, 0) is 21.8 Å². The number of rotatable bonds is 7. The van der Waals surface area contributed by atoms with E-state index in [0.717, 1.165) is 0 Å². The summed E-state index contributed by atoms with van der Waals surface area (Å²) in [6.07, 6.45) is 2.94. The molecule has 0 bridgehead atoms. The summed E-state index contributed by atoms with van der Waals surface area (Å²) in [5, 5.41) is 3.77. The van der Waals surface area contributed by atoms with Crippen molar-refractivity contribution in [2.45, 2.75) is 4.90 Å². The van der Waals surface area contributed by atoms with E-state index in [1.807, 2.05) is 0 Å². The Bertz CT molecular complexity index is 480. The quantitative estimate of drug-likeness (QED) is 0.508. The Hall–Kier alpha value is -1.38. The number of aryl methyl sites for hydroxylation is 1. The average molecular weight is 260 g/mol. The summed E-state index contributed by atoms with van der Waals surface area (Å²) < 4.78 is 32.3. The van der Waals surface area contributed by atoms with Gasteiger partial charge in [0.25, 0.3) is 0 Å². The lowest BCUT2D eigenvalue weighted by molar-refractivity contribution is 0.168.